The van der Waals surface area contributed by atoms with E-state index in [1.165, 1.54) is 0 Å². The summed E-state index contributed by atoms with van der Waals surface area (Å²) in [5, 5.41) is 25.6. The number of hydrogen-bond acceptors (Lipinski definition) is 7. The van der Waals surface area contributed by atoms with Gasteiger partial charge in [0.15, 0.2) is 11.5 Å². The highest BCUT2D eigenvalue weighted by atomic mass is 16.5. The van der Waals surface area contributed by atoms with Crippen LogP contribution < -0.4 is 18.9 Å². The van der Waals surface area contributed by atoms with Crippen LogP contribution in [0.15, 0.2) is 36.4 Å². The molecule has 2 aromatic carbocycles. The van der Waals surface area contributed by atoms with Gasteiger partial charge in [-0.3, -0.25) is 10.5 Å². The summed E-state index contributed by atoms with van der Waals surface area (Å²) in [5.41, 5.74) is 4.12. The van der Waals surface area contributed by atoms with E-state index in [-0.39, 0.29) is 11.8 Å². The maximum absolute atomic E-state index is 9.95. The first-order valence-corrected chi connectivity index (χ1v) is 9.63. The molecule has 0 aliphatic carbocycles. The topological polar surface area (TPSA) is 113 Å². The van der Waals surface area contributed by atoms with Gasteiger partial charge in [-0.05, 0) is 18.6 Å². The minimum atomic E-state index is -0.874. The van der Waals surface area contributed by atoms with Crippen LogP contribution in [-0.4, -0.2) is 37.4 Å². The molecule has 2 atom stereocenters. The third kappa shape index (κ3) is 3.34. The highest BCUT2D eigenvalue weighted by Crippen LogP contribution is 2.50. The molecule has 1 aliphatic rings. The summed E-state index contributed by atoms with van der Waals surface area (Å²) in [4.78, 5) is 0. The fourth-order valence-corrected chi connectivity index (χ4v) is 3.89. The number of ether oxygens (including phenoxy) is 4. The number of nitriles is 1. The van der Waals surface area contributed by atoms with Crippen molar-refractivity contribution in [2.24, 2.45) is 5.92 Å². The van der Waals surface area contributed by atoms with Gasteiger partial charge >= 0.3 is 0 Å². The van der Waals surface area contributed by atoms with Crippen molar-refractivity contribution in [3.8, 4) is 40.5 Å². The van der Waals surface area contributed by atoms with Crippen molar-refractivity contribution in [1.82, 2.24) is 10.2 Å². The summed E-state index contributed by atoms with van der Waals surface area (Å²) >= 11 is 0. The van der Waals surface area contributed by atoms with E-state index in [4.69, 9.17) is 24.4 Å². The predicted octanol–water partition coefficient (Wildman–Crippen LogP) is 4.05. The van der Waals surface area contributed by atoms with E-state index >= 15 is 0 Å². The van der Waals surface area contributed by atoms with Gasteiger partial charge in [0, 0.05) is 17.5 Å². The molecule has 0 fully saturated rings. The summed E-state index contributed by atoms with van der Waals surface area (Å²) in [6.07, 6.45) is 0. The van der Waals surface area contributed by atoms with Gasteiger partial charge in [-0.2, -0.15) is 5.26 Å². The van der Waals surface area contributed by atoms with Crippen LogP contribution in [0.25, 0.3) is 11.3 Å². The van der Waals surface area contributed by atoms with Crippen molar-refractivity contribution in [2.75, 3.05) is 21.3 Å². The van der Waals surface area contributed by atoms with E-state index in [2.05, 4.69) is 16.3 Å². The molecule has 2 N–H and O–H groups in total. The second kappa shape index (κ2) is 8.03. The number of rotatable bonds is 5. The van der Waals surface area contributed by atoms with E-state index in [1.54, 1.807) is 33.5 Å². The molecule has 0 saturated carbocycles. The van der Waals surface area contributed by atoms with Gasteiger partial charge in [0.2, 0.25) is 11.8 Å². The van der Waals surface area contributed by atoms with Crippen molar-refractivity contribution >= 4 is 5.90 Å². The van der Waals surface area contributed by atoms with Crippen molar-refractivity contribution in [2.45, 2.75) is 12.8 Å². The zero-order valence-electron chi connectivity index (χ0n) is 17.6. The standard InChI is InChI=1S/C23H22N4O4/c1-12-5-7-13(8-6-12)21-20-19(15(11-24)22(25)31-23(20)27-26-21)14-9-17(29-3)18(30-4)10-16(14)28-2/h5-10,15,19,25H,1-4H3,(H,26,27). The van der Waals surface area contributed by atoms with Crippen LogP contribution in [0.4, 0.5) is 0 Å². The first kappa shape index (κ1) is 20.3. The summed E-state index contributed by atoms with van der Waals surface area (Å²) in [5.74, 6) is 0.180. The normalized spacial score (nSPS) is 17.3. The Labute approximate surface area is 179 Å². The number of aromatic amines is 1. The lowest BCUT2D eigenvalue weighted by Crippen LogP contribution is -2.31. The quantitative estimate of drug-likeness (QED) is 0.646. The van der Waals surface area contributed by atoms with E-state index in [9.17, 15) is 5.26 Å². The number of methoxy groups -OCH3 is 3. The lowest BCUT2D eigenvalue weighted by atomic mass is 9.78. The molecular formula is C23H22N4O4. The van der Waals surface area contributed by atoms with Gasteiger partial charge in [-0.15, -0.1) is 5.10 Å². The van der Waals surface area contributed by atoms with Crippen LogP contribution in [0.3, 0.4) is 0 Å². The number of nitrogens with one attached hydrogen (secondary N) is 2. The van der Waals surface area contributed by atoms with Gasteiger partial charge in [-0.1, -0.05) is 29.8 Å². The van der Waals surface area contributed by atoms with Crippen molar-refractivity contribution < 1.29 is 18.9 Å². The highest BCUT2D eigenvalue weighted by molar-refractivity contribution is 5.87. The number of benzene rings is 2. The molecule has 3 aromatic rings. The summed E-state index contributed by atoms with van der Waals surface area (Å²) < 4.78 is 22.1. The molecule has 158 valence electrons. The largest absolute Gasteiger partial charge is 0.496 e. The Hall–Kier alpha value is -3.99. The fourth-order valence-electron chi connectivity index (χ4n) is 3.89. The molecule has 1 aromatic heterocycles. The maximum atomic E-state index is 9.95. The smallest absolute Gasteiger partial charge is 0.244 e. The van der Waals surface area contributed by atoms with E-state index in [0.29, 0.717) is 28.4 Å². The third-order valence-electron chi connectivity index (χ3n) is 5.45. The zero-order chi connectivity index (χ0) is 22.1. The number of aromatic nitrogens is 2. The molecule has 2 unspecified atom stereocenters. The van der Waals surface area contributed by atoms with E-state index in [0.717, 1.165) is 16.8 Å². The molecule has 0 spiro atoms. The lowest BCUT2D eigenvalue weighted by Gasteiger charge is -2.29. The van der Waals surface area contributed by atoms with Crippen LogP contribution >= 0.6 is 0 Å². The average molecular weight is 418 g/mol. The molecule has 8 heteroatoms. The number of hydrogen-bond donors (Lipinski definition) is 2. The Morgan fingerprint density at radius 2 is 1.68 bits per heavy atom. The monoisotopic (exact) mass is 418 g/mol. The lowest BCUT2D eigenvalue weighted by molar-refractivity contribution is 0.345. The van der Waals surface area contributed by atoms with Gasteiger partial charge in [0.05, 0.1) is 38.7 Å². The Morgan fingerprint density at radius 1 is 1.03 bits per heavy atom. The Balaban J connectivity index is 1.98. The third-order valence-corrected chi connectivity index (χ3v) is 5.45. The molecule has 4 rings (SSSR count). The second-order valence-electron chi connectivity index (χ2n) is 7.18. The van der Waals surface area contributed by atoms with Crippen LogP contribution in [0, 0.1) is 29.6 Å². The van der Waals surface area contributed by atoms with Crippen LogP contribution in [0.1, 0.15) is 22.6 Å². The number of H-pyrrole nitrogens is 1. The summed E-state index contributed by atoms with van der Waals surface area (Å²) in [6.45, 7) is 2.01. The summed E-state index contributed by atoms with van der Waals surface area (Å²) in [6, 6.07) is 13.7. The Kier molecular flexibility index (Phi) is 5.26. The van der Waals surface area contributed by atoms with Crippen LogP contribution in [0.2, 0.25) is 0 Å². The molecule has 8 nitrogen and oxygen atoms in total. The predicted molar refractivity (Wildman–Crippen MR) is 114 cm³/mol. The molecule has 0 bridgehead atoms. The van der Waals surface area contributed by atoms with Gasteiger partial charge < -0.3 is 18.9 Å². The SMILES string of the molecule is COc1cc(OC)c(C2c3c(n[nH]c3-c3ccc(C)cc3)OC(=N)C2C#N)cc1OC. The summed E-state index contributed by atoms with van der Waals surface area (Å²) in [7, 11) is 4.64. The molecule has 2 heterocycles. The highest BCUT2D eigenvalue weighted by Gasteiger charge is 2.42. The molecular weight excluding hydrogens is 396 g/mol. The van der Waals surface area contributed by atoms with Gasteiger partial charge in [0.25, 0.3) is 0 Å². The fraction of sp³-hybridized carbons (Fsp3) is 0.261. The van der Waals surface area contributed by atoms with E-state index in [1.807, 2.05) is 31.2 Å². The van der Waals surface area contributed by atoms with Crippen molar-refractivity contribution in [1.29, 1.82) is 10.7 Å². The van der Waals surface area contributed by atoms with E-state index < -0.39 is 11.8 Å². The molecule has 1 aliphatic heterocycles. The average Bonchev–Trinajstić information content (AvgIpc) is 3.20. The van der Waals surface area contributed by atoms with Gasteiger partial charge in [-0.25, -0.2) is 0 Å². The number of nitrogens with zero attached hydrogens (tertiary/aromatic N) is 2. The Morgan fingerprint density at radius 3 is 2.29 bits per heavy atom. The molecule has 31 heavy (non-hydrogen) atoms. The van der Waals surface area contributed by atoms with Crippen LogP contribution in [0.5, 0.6) is 23.1 Å². The Bertz CT molecular complexity index is 1180. The minimum Gasteiger partial charge on any atom is -0.496 e. The van der Waals surface area contributed by atoms with Crippen LogP contribution in [-0.2, 0) is 0 Å². The maximum Gasteiger partial charge on any atom is 0.244 e. The minimum absolute atomic E-state index is 0.168. The number of aryl methyl sites for hydroxylation is 1. The molecule has 0 saturated heterocycles. The van der Waals surface area contributed by atoms with Gasteiger partial charge in [0.1, 0.15) is 11.7 Å². The molecule has 0 amide bonds. The number of fused-ring (bicyclic) bond motifs is 1. The first-order valence-electron chi connectivity index (χ1n) is 9.63. The first-order chi connectivity index (χ1) is 15.0. The van der Waals surface area contributed by atoms with Crippen molar-refractivity contribution in [3.63, 3.8) is 0 Å². The zero-order valence-corrected chi connectivity index (χ0v) is 17.6. The molecule has 0 radical (unpaired) electrons. The second-order valence-corrected chi connectivity index (χ2v) is 7.18. The van der Waals surface area contributed by atoms with Crippen molar-refractivity contribution in [3.05, 3.63) is 53.1 Å².